The van der Waals surface area contributed by atoms with Crippen molar-refractivity contribution >= 4 is 23.7 Å². The average molecular weight is 356 g/mol. The van der Waals surface area contributed by atoms with Crippen LogP contribution in [-0.2, 0) is 19.0 Å². The first kappa shape index (κ1) is 18.4. The molecule has 0 radical (unpaired) electrons. The Labute approximate surface area is 148 Å². The normalized spacial score (nSPS) is 19.6. The monoisotopic (exact) mass is 355 g/mol. The van der Waals surface area contributed by atoms with Crippen LogP contribution in [0.15, 0.2) is 17.8 Å². The molecule has 0 aromatic carbocycles. The SMILES string of the molecule is Cl.Cn1ccnc1C1CNCCN1Cc1csc(C(C)(C)C)n1. The number of imidazole rings is 1. The van der Waals surface area contributed by atoms with E-state index in [1.54, 1.807) is 11.3 Å². The van der Waals surface area contributed by atoms with E-state index in [9.17, 15) is 0 Å². The number of rotatable bonds is 3. The molecule has 0 amide bonds. The molecule has 23 heavy (non-hydrogen) atoms. The van der Waals surface area contributed by atoms with Gasteiger partial charge in [-0.05, 0) is 0 Å². The van der Waals surface area contributed by atoms with Gasteiger partial charge in [-0.2, -0.15) is 0 Å². The molecule has 2 aromatic rings. The van der Waals surface area contributed by atoms with E-state index >= 15 is 0 Å². The van der Waals surface area contributed by atoms with E-state index in [2.05, 4.69) is 53.0 Å². The molecular formula is C16H26ClN5S. The summed E-state index contributed by atoms with van der Waals surface area (Å²) in [5.41, 5.74) is 1.31. The Morgan fingerprint density at radius 3 is 2.78 bits per heavy atom. The fourth-order valence-corrected chi connectivity index (χ4v) is 3.72. The van der Waals surface area contributed by atoms with Gasteiger partial charge in [0.2, 0.25) is 0 Å². The Morgan fingerprint density at radius 2 is 2.17 bits per heavy atom. The number of hydrogen-bond acceptors (Lipinski definition) is 5. The Bertz CT molecular complexity index is 630. The van der Waals surface area contributed by atoms with Gasteiger partial charge in [0, 0.05) is 56.4 Å². The maximum absolute atomic E-state index is 4.84. The Hall–Kier alpha value is -0.950. The number of nitrogens with one attached hydrogen (secondary N) is 1. The van der Waals surface area contributed by atoms with Crippen LogP contribution in [0.5, 0.6) is 0 Å². The second-order valence-electron chi connectivity index (χ2n) is 6.98. The van der Waals surface area contributed by atoms with Crippen LogP contribution in [0.25, 0.3) is 0 Å². The highest BCUT2D eigenvalue weighted by molar-refractivity contribution is 7.09. The van der Waals surface area contributed by atoms with E-state index in [1.807, 2.05) is 12.4 Å². The van der Waals surface area contributed by atoms with Crippen LogP contribution in [0.2, 0.25) is 0 Å². The molecule has 0 bridgehead atoms. The quantitative estimate of drug-likeness (QED) is 0.919. The minimum absolute atomic E-state index is 0. The van der Waals surface area contributed by atoms with Crippen molar-refractivity contribution in [1.82, 2.24) is 24.8 Å². The lowest BCUT2D eigenvalue weighted by Crippen LogP contribution is -2.46. The first-order valence-corrected chi connectivity index (χ1v) is 8.70. The summed E-state index contributed by atoms with van der Waals surface area (Å²) >= 11 is 1.77. The molecule has 0 aliphatic carbocycles. The van der Waals surface area contributed by atoms with Gasteiger partial charge in [-0.3, -0.25) is 4.90 Å². The molecule has 1 fully saturated rings. The Balaban J connectivity index is 0.00000192. The van der Waals surface area contributed by atoms with Crippen LogP contribution in [-0.4, -0.2) is 39.1 Å². The molecule has 7 heteroatoms. The molecule has 1 aliphatic rings. The lowest BCUT2D eigenvalue weighted by atomic mass is 9.98. The van der Waals surface area contributed by atoms with E-state index in [0.29, 0.717) is 6.04 Å². The van der Waals surface area contributed by atoms with Crippen molar-refractivity contribution in [1.29, 1.82) is 0 Å². The number of aryl methyl sites for hydroxylation is 1. The third-order valence-corrected chi connectivity index (χ3v) is 5.39. The maximum Gasteiger partial charge on any atom is 0.127 e. The molecule has 0 spiro atoms. The Morgan fingerprint density at radius 1 is 1.39 bits per heavy atom. The van der Waals surface area contributed by atoms with Crippen molar-refractivity contribution in [2.45, 2.75) is 38.8 Å². The fraction of sp³-hybridized carbons (Fsp3) is 0.625. The van der Waals surface area contributed by atoms with Gasteiger partial charge in [0.05, 0.1) is 16.7 Å². The second-order valence-corrected chi connectivity index (χ2v) is 7.84. The van der Waals surface area contributed by atoms with Crippen molar-refractivity contribution in [2.75, 3.05) is 19.6 Å². The zero-order valence-electron chi connectivity index (χ0n) is 14.2. The largest absolute Gasteiger partial charge is 0.337 e. The van der Waals surface area contributed by atoms with Crippen molar-refractivity contribution < 1.29 is 0 Å². The minimum atomic E-state index is 0. The van der Waals surface area contributed by atoms with Crippen LogP contribution in [0.4, 0.5) is 0 Å². The molecule has 0 saturated carbocycles. The number of piperazine rings is 1. The average Bonchev–Trinajstić information content (AvgIpc) is 3.08. The standard InChI is InChI=1S/C16H25N5S.ClH/c1-16(2,3)15-19-12(11-22-15)10-21-8-5-17-9-13(21)14-18-6-7-20(14)4;/h6-7,11,13,17H,5,8-10H2,1-4H3;1H. The zero-order valence-corrected chi connectivity index (χ0v) is 15.9. The number of thiazole rings is 1. The summed E-state index contributed by atoms with van der Waals surface area (Å²) in [6, 6.07) is 0.313. The maximum atomic E-state index is 4.84. The van der Waals surface area contributed by atoms with Crippen LogP contribution >= 0.6 is 23.7 Å². The highest BCUT2D eigenvalue weighted by atomic mass is 35.5. The van der Waals surface area contributed by atoms with Gasteiger partial charge in [0.1, 0.15) is 5.82 Å². The third kappa shape index (κ3) is 4.12. The van der Waals surface area contributed by atoms with Crippen molar-refractivity contribution in [3.8, 4) is 0 Å². The fourth-order valence-electron chi connectivity index (χ4n) is 2.82. The van der Waals surface area contributed by atoms with Gasteiger partial charge in [0.25, 0.3) is 0 Å². The number of halogens is 1. The van der Waals surface area contributed by atoms with E-state index in [-0.39, 0.29) is 17.8 Å². The predicted octanol–water partition coefficient (Wildman–Crippen LogP) is 2.74. The number of nitrogens with zero attached hydrogens (tertiary/aromatic N) is 4. The highest BCUT2D eigenvalue weighted by Gasteiger charge is 2.27. The first-order chi connectivity index (χ1) is 10.4. The predicted molar refractivity (Wildman–Crippen MR) is 97.3 cm³/mol. The summed E-state index contributed by atoms with van der Waals surface area (Å²) in [6.45, 7) is 10.6. The summed E-state index contributed by atoms with van der Waals surface area (Å²) in [6.07, 6.45) is 3.89. The summed E-state index contributed by atoms with van der Waals surface area (Å²) in [5, 5.41) is 6.90. The molecule has 1 saturated heterocycles. The molecule has 3 rings (SSSR count). The van der Waals surface area contributed by atoms with Gasteiger partial charge < -0.3 is 9.88 Å². The molecule has 2 aromatic heterocycles. The van der Waals surface area contributed by atoms with Gasteiger partial charge in [-0.1, -0.05) is 20.8 Å². The molecule has 1 aliphatic heterocycles. The number of hydrogen-bond donors (Lipinski definition) is 1. The second kappa shape index (κ2) is 7.30. The molecule has 1 atom stereocenters. The smallest absolute Gasteiger partial charge is 0.127 e. The van der Waals surface area contributed by atoms with E-state index in [1.165, 1.54) is 10.7 Å². The summed E-state index contributed by atoms with van der Waals surface area (Å²) < 4.78 is 2.12. The minimum Gasteiger partial charge on any atom is -0.337 e. The van der Waals surface area contributed by atoms with Crippen LogP contribution in [0, 0.1) is 0 Å². The zero-order chi connectivity index (χ0) is 15.7. The van der Waals surface area contributed by atoms with E-state index < -0.39 is 0 Å². The third-order valence-electron chi connectivity index (χ3n) is 4.07. The van der Waals surface area contributed by atoms with Gasteiger partial charge in [-0.15, -0.1) is 23.7 Å². The van der Waals surface area contributed by atoms with Crippen molar-refractivity contribution in [2.24, 2.45) is 7.05 Å². The van der Waals surface area contributed by atoms with Gasteiger partial charge >= 0.3 is 0 Å². The van der Waals surface area contributed by atoms with Crippen LogP contribution in [0.3, 0.4) is 0 Å². The molecule has 1 unspecified atom stereocenters. The molecule has 3 heterocycles. The molecular weight excluding hydrogens is 330 g/mol. The van der Waals surface area contributed by atoms with E-state index in [0.717, 1.165) is 32.0 Å². The highest BCUT2D eigenvalue weighted by Crippen LogP contribution is 2.28. The molecule has 1 N–H and O–H groups in total. The lowest BCUT2D eigenvalue weighted by molar-refractivity contribution is 0.143. The summed E-state index contributed by atoms with van der Waals surface area (Å²) in [5.74, 6) is 1.12. The van der Waals surface area contributed by atoms with Crippen LogP contribution in [0.1, 0.15) is 43.3 Å². The topological polar surface area (TPSA) is 46.0 Å². The summed E-state index contributed by atoms with van der Waals surface area (Å²) in [7, 11) is 2.07. The first-order valence-electron chi connectivity index (χ1n) is 7.82. The van der Waals surface area contributed by atoms with E-state index in [4.69, 9.17) is 4.98 Å². The van der Waals surface area contributed by atoms with Gasteiger partial charge in [0.15, 0.2) is 0 Å². The Kier molecular flexibility index (Phi) is 5.84. The van der Waals surface area contributed by atoms with Gasteiger partial charge in [-0.25, -0.2) is 9.97 Å². The van der Waals surface area contributed by atoms with Crippen molar-refractivity contribution in [3.63, 3.8) is 0 Å². The van der Waals surface area contributed by atoms with Crippen molar-refractivity contribution in [3.05, 3.63) is 34.3 Å². The molecule has 5 nitrogen and oxygen atoms in total. The number of aromatic nitrogens is 3. The molecule has 128 valence electrons. The summed E-state index contributed by atoms with van der Waals surface area (Å²) in [4.78, 5) is 11.9. The lowest BCUT2D eigenvalue weighted by Gasteiger charge is -2.35. The van der Waals surface area contributed by atoms with Crippen LogP contribution < -0.4 is 5.32 Å².